The summed E-state index contributed by atoms with van der Waals surface area (Å²) in [7, 11) is -3.66. The molecule has 2 aromatic carbocycles. The fourth-order valence-electron chi connectivity index (χ4n) is 1.83. The summed E-state index contributed by atoms with van der Waals surface area (Å²) in [6, 6.07) is 12.3. The van der Waals surface area contributed by atoms with Crippen molar-refractivity contribution >= 4 is 31.7 Å². The molecule has 0 fully saturated rings. The maximum absolute atomic E-state index is 12.2. The normalized spacial score (nSPS) is 12.3. The van der Waals surface area contributed by atoms with Gasteiger partial charge in [-0.1, -0.05) is 28.1 Å². The minimum atomic E-state index is -3.66. The first-order chi connectivity index (χ1) is 10.3. The van der Waals surface area contributed by atoms with Crippen LogP contribution < -0.4 is 4.83 Å². The molecule has 0 aliphatic carbocycles. The molecule has 0 aromatic heterocycles. The molecule has 0 saturated carbocycles. The quantitative estimate of drug-likeness (QED) is 0.648. The number of nitrogens with zero attached hydrogens (tertiary/aromatic N) is 1. The van der Waals surface area contributed by atoms with Gasteiger partial charge < -0.3 is 0 Å². The molecule has 22 heavy (non-hydrogen) atoms. The minimum absolute atomic E-state index is 0.173. The van der Waals surface area contributed by atoms with E-state index in [1.165, 1.54) is 17.7 Å². The van der Waals surface area contributed by atoms with Gasteiger partial charge in [0.25, 0.3) is 10.0 Å². The van der Waals surface area contributed by atoms with E-state index in [0.29, 0.717) is 5.71 Å². The number of sulfonamides is 1. The Bertz CT molecular complexity index is 813. The summed E-state index contributed by atoms with van der Waals surface area (Å²) in [4.78, 5) is 2.45. The zero-order valence-electron chi connectivity index (χ0n) is 12.6. The predicted octanol–water partition coefficient (Wildman–Crippen LogP) is 3.77. The van der Waals surface area contributed by atoms with E-state index in [1.54, 1.807) is 19.1 Å². The Hall–Kier alpha value is -1.66. The Morgan fingerprint density at radius 1 is 1.05 bits per heavy atom. The van der Waals surface area contributed by atoms with Crippen molar-refractivity contribution in [1.29, 1.82) is 0 Å². The summed E-state index contributed by atoms with van der Waals surface area (Å²) in [6.45, 7) is 5.81. The van der Waals surface area contributed by atoms with E-state index < -0.39 is 10.0 Å². The van der Waals surface area contributed by atoms with Crippen molar-refractivity contribution < 1.29 is 8.42 Å². The van der Waals surface area contributed by atoms with Crippen LogP contribution in [0.25, 0.3) is 0 Å². The molecule has 4 nitrogen and oxygen atoms in total. The van der Waals surface area contributed by atoms with Crippen molar-refractivity contribution in [3.8, 4) is 0 Å². The Balaban J connectivity index is 2.22. The van der Waals surface area contributed by atoms with Crippen LogP contribution in [0.2, 0.25) is 0 Å². The zero-order valence-corrected chi connectivity index (χ0v) is 15.0. The standard InChI is InChI=1S/C16H17BrN2O2S/c1-11-4-5-14(10-12(11)2)13(3)18-19-22(20,21)16-8-6-15(17)7-9-16/h4-10,19H,1-3H3. The number of nitrogens with one attached hydrogen (secondary N) is 1. The summed E-state index contributed by atoms with van der Waals surface area (Å²) < 4.78 is 25.2. The van der Waals surface area contributed by atoms with Gasteiger partial charge in [-0.05, 0) is 67.8 Å². The highest BCUT2D eigenvalue weighted by Gasteiger charge is 2.12. The summed E-state index contributed by atoms with van der Waals surface area (Å²) in [6.07, 6.45) is 0. The summed E-state index contributed by atoms with van der Waals surface area (Å²) in [5.74, 6) is 0. The lowest BCUT2D eigenvalue weighted by Gasteiger charge is -2.07. The molecule has 2 rings (SSSR count). The first-order valence-electron chi connectivity index (χ1n) is 6.69. The van der Waals surface area contributed by atoms with Gasteiger partial charge in [-0.15, -0.1) is 0 Å². The Kier molecular flexibility index (Phi) is 5.03. The van der Waals surface area contributed by atoms with E-state index in [9.17, 15) is 8.42 Å². The van der Waals surface area contributed by atoms with Crippen LogP contribution in [0.1, 0.15) is 23.6 Å². The van der Waals surface area contributed by atoms with Crippen molar-refractivity contribution in [3.63, 3.8) is 0 Å². The third kappa shape index (κ3) is 3.96. The zero-order chi connectivity index (χ0) is 16.3. The topological polar surface area (TPSA) is 58.5 Å². The smallest absolute Gasteiger partial charge is 0.200 e. The van der Waals surface area contributed by atoms with E-state index >= 15 is 0 Å². The molecule has 0 atom stereocenters. The van der Waals surface area contributed by atoms with Gasteiger partial charge in [0.05, 0.1) is 10.6 Å². The van der Waals surface area contributed by atoms with Crippen molar-refractivity contribution in [1.82, 2.24) is 4.83 Å². The van der Waals surface area contributed by atoms with Gasteiger partial charge in [0, 0.05) is 4.47 Å². The van der Waals surface area contributed by atoms with E-state index in [2.05, 4.69) is 25.9 Å². The van der Waals surface area contributed by atoms with Crippen molar-refractivity contribution in [2.24, 2.45) is 5.10 Å². The second-order valence-corrected chi connectivity index (χ2v) is 7.62. The highest BCUT2D eigenvalue weighted by atomic mass is 79.9. The van der Waals surface area contributed by atoms with Gasteiger partial charge in [0.15, 0.2) is 0 Å². The molecule has 2 aromatic rings. The number of rotatable bonds is 4. The van der Waals surface area contributed by atoms with Crippen molar-refractivity contribution in [2.45, 2.75) is 25.7 Å². The lowest BCUT2D eigenvalue weighted by atomic mass is 10.0. The van der Waals surface area contributed by atoms with Crippen LogP contribution in [0.3, 0.4) is 0 Å². The van der Waals surface area contributed by atoms with Crippen LogP contribution in [0.15, 0.2) is 56.9 Å². The monoisotopic (exact) mass is 380 g/mol. The van der Waals surface area contributed by atoms with Gasteiger partial charge >= 0.3 is 0 Å². The number of hydrogen-bond donors (Lipinski definition) is 1. The number of aryl methyl sites for hydroxylation is 2. The van der Waals surface area contributed by atoms with Crippen LogP contribution in [0.5, 0.6) is 0 Å². The lowest BCUT2D eigenvalue weighted by molar-refractivity contribution is 0.584. The number of hydrazone groups is 1. The lowest BCUT2D eigenvalue weighted by Crippen LogP contribution is -2.20. The molecule has 0 heterocycles. The van der Waals surface area contributed by atoms with E-state index in [-0.39, 0.29) is 4.90 Å². The summed E-state index contributed by atoms with van der Waals surface area (Å²) in [5.41, 5.74) is 3.83. The average Bonchev–Trinajstić information content (AvgIpc) is 2.48. The van der Waals surface area contributed by atoms with Gasteiger partial charge in [0.2, 0.25) is 0 Å². The van der Waals surface area contributed by atoms with Crippen LogP contribution in [0.4, 0.5) is 0 Å². The molecular formula is C16H17BrN2O2S. The van der Waals surface area contributed by atoms with Crippen molar-refractivity contribution in [2.75, 3.05) is 0 Å². The maximum atomic E-state index is 12.2. The first kappa shape index (κ1) is 16.7. The molecular weight excluding hydrogens is 364 g/mol. The van der Waals surface area contributed by atoms with E-state index in [1.807, 2.05) is 32.0 Å². The van der Waals surface area contributed by atoms with E-state index in [4.69, 9.17) is 0 Å². The second-order valence-electron chi connectivity index (χ2n) is 5.04. The predicted molar refractivity (Wildman–Crippen MR) is 92.6 cm³/mol. The molecule has 6 heteroatoms. The Morgan fingerprint density at radius 2 is 1.68 bits per heavy atom. The van der Waals surface area contributed by atoms with Crippen LogP contribution >= 0.6 is 15.9 Å². The van der Waals surface area contributed by atoms with Crippen LogP contribution in [-0.2, 0) is 10.0 Å². The number of benzene rings is 2. The van der Waals surface area contributed by atoms with E-state index in [0.717, 1.165) is 15.6 Å². The number of hydrogen-bond acceptors (Lipinski definition) is 3. The highest BCUT2D eigenvalue weighted by Crippen LogP contribution is 2.15. The molecule has 0 bridgehead atoms. The molecule has 1 N–H and O–H groups in total. The maximum Gasteiger partial charge on any atom is 0.276 e. The molecule has 0 saturated heterocycles. The summed E-state index contributed by atoms with van der Waals surface area (Å²) in [5, 5.41) is 4.00. The Morgan fingerprint density at radius 3 is 2.27 bits per heavy atom. The molecule has 0 aliphatic rings. The summed E-state index contributed by atoms with van der Waals surface area (Å²) >= 11 is 3.27. The van der Waals surface area contributed by atoms with Gasteiger partial charge in [0.1, 0.15) is 0 Å². The third-order valence-electron chi connectivity index (χ3n) is 3.38. The fraction of sp³-hybridized carbons (Fsp3) is 0.188. The van der Waals surface area contributed by atoms with Gasteiger partial charge in [-0.2, -0.15) is 18.4 Å². The van der Waals surface area contributed by atoms with Crippen LogP contribution in [0, 0.1) is 13.8 Å². The first-order valence-corrected chi connectivity index (χ1v) is 8.96. The van der Waals surface area contributed by atoms with Gasteiger partial charge in [-0.3, -0.25) is 0 Å². The Labute approximate surface area is 139 Å². The van der Waals surface area contributed by atoms with Gasteiger partial charge in [-0.25, -0.2) is 0 Å². The molecule has 116 valence electrons. The van der Waals surface area contributed by atoms with Crippen LogP contribution in [-0.4, -0.2) is 14.1 Å². The molecule has 0 spiro atoms. The third-order valence-corrected chi connectivity index (χ3v) is 5.14. The molecule has 0 aliphatic heterocycles. The molecule has 0 radical (unpaired) electrons. The largest absolute Gasteiger partial charge is 0.276 e. The highest BCUT2D eigenvalue weighted by molar-refractivity contribution is 9.10. The second kappa shape index (κ2) is 6.62. The molecule has 0 amide bonds. The average molecular weight is 381 g/mol. The minimum Gasteiger partial charge on any atom is -0.200 e. The SMILES string of the molecule is CC(=NNS(=O)(=O)c1ccc(Br)cc1)c1ccc(C)c(C)c1. The molecule has 0 unspecified atom stereocenters. The van der Waals surface area contributed by atoms with Crippen molar-refractivity contribution in [3.05, 3.63) is 63.6 Å². The number of halogens is 1. The fourth-order valence-corrected chi connectivity index (χ4v) is 2.95.